The number of hydrogen-bond acceptors (Lipinski definition) is 2. The van der Waals surface area contributed by atoms with Crippen molar-refractivity contribution in [3.8, 4) is 0 Å². The molecule has 0 amide bonds. The van der Waals surface area contributed by atoms with E-state index in [1.165, 1.54) is 37.8 Å². The minimum Gasteiger partial charge on any atom is -0.308 e. The molecule has 1 aromatic rings. The molecule has 1 saturated heterocycles. The number of benzene rings is 1. The van der Waals surface area contributed by atoms with E-state index in [0.29, 0.717) is 11.1 Å². The molecule has 3 aliphatic rings. The van der Waals surface area contributed by atoms with Gasteiger partial charge in [-0.3, -0.25) is 4.90 Å². The van der Waals surface area contributed by atoms with Crippen molar-refractivity contribution in [2.24, 2.45) is 11.8 Å². The van der Waals surface area contributed by atoms with E-state index in [4.69, 9.17) is 0 Å². The first-order valence-corrected chi connectivity index (χ1v) is 8.64. The standard InChI is InChI=1S/C19H28N2/c1-18(16-8-9-16)14-21(12-15-6-4-3-5-7-15)19(2,13-20-18)17-10-11-17/h3-7,16-17,20H,8-14H2,1-2H3. The Morgan fingerprint density at radius 3 is 2.33 bits per heavy atom. The third kappa shape index (κ3) is 2.53. The Morgan fingerprint density at radius 1 is 1.05 bits per heavy atom. The predicted octanol–water partition coefficient (Wildman–Crippen LogP) is 3.43. The number of nitrogens with zero attached hydrogens (tertiary/aromatic N) is 1. The van der Waals surface area contributed by atoms with Crippen molar-refractivity contribution in [2.45, 2.75) is 57.2 Å². The van der Waals surface area contributed by atoms with Gasteiger partial charge in [0.15, 0.2) is 0 Å². The molecule has 0 spiro atoms. The van der Waals surface area contributed by atoms with Gasteiger partial charge in [-0.1, -0.05) is 30.3 Å². The molecule has 2 nitrogen and oxygen atoms in total. The molecular formula is C19H28N2. The second-order valence-corrected chi connectivity index (χ2v) is 8.02. The molecule has 2 atom stereocenters. The lowest BCUT2D eigenvalue weighted by Gasteiger charge is -2.53. The number of piperazine rings is 1. The van der Waals surface area contributed by atoms with Gasteiger partial charge in [-0.05, 0) is 56.9 Å². The summed E-state index contributed by atoms with van der Waals surface area (Å²) in [5.74, 6) is 1.80. The van der Waals surface area contributed by atoms with Crippen LogP contribution in [0.1, 0.15) is 45.1 Å². The molecule has 0 aromatic heterocycles. The number of hydrogen-bond donors (Lipinski definition) is 1. The van der Waals surface area contributed by atoms with Gasteiger partial charge in [-0.2, -0.15) is 0 Å². The second kappa shape index (κ2) is 4.82. The third-order valence-electron chi connectivity index (χ3n) is 6.24. The van der Waals surface area contributed by atoms with Crippen LogP contribution < -0.4 is 5.32 Å². The molecule has 0 radical (unpaired) electrons. The zero-order valence-corrected chi connectivity index (χ0v) is 13.4. The molecule has 2 heteroatoms. The van der Waals surface area contributed by atoms with Crippen LogP contribution in [-0.2, 0) is 6.54 Å². The summed E-state index contributed by atoms with van der Waals surface area (Å²) in [6.07, 6.45) is 5.68. The fourth-order valence-corrected chi connectivity index (χ4v) is 4.27. The van der Waals surface area contributed by atoms with E-state index in [0.717, 1.165) is 24.9 Å². The Kier molecular flexibility index (Phi) is 3.16. The molecule has 1 aliphatic heterocycles. The van der Waals surface area contributed by atoms with Crippen molar-refractivity contribution in [3.05, 3.63) is 35.9 Å². The van der Waals surface area contributed by atoms with Crippen LogP contribution in [0.4, 0.5) is 0 Å². The van der Waals surface area contributed by atoms with Gasteiger partial charge in [0.05, 0.1) is 0 Å². The average Bonchev–Trinajstić information content (AvgIpc) is 3.35. The molecule has 114 valence electrons. The van der Waals surface area contributed by atoms with Crippen molar-refractivity contribution in [1.29, 1.82) is 0 Å². The Bertz CT molecular complexity index is 506. The summed E-state index contributed by atoms with van der Waals surface area (Å²) < 4.78 is 0. The monoisotopic (exact) mass is 284 g/mol. The van der Waals surface area contributed by atoms with E-state index in [2.05, 4.69) is 54.4 Å². The zero-order chi connectivity index (χ0) is 14.5. The summed E-state index contributed by atoms with van der Waals surface area (Å²) in [6.45, 7) is 8.43. The second-order valence-electron chi connectivity index (χ2n) is 8.02. The Morgan fingerprint density at radius 2 is 1.71 bits per heavy atom. The summed E-state index contributed by atoms with van der Waals surface area (Å²) in [5.41, 5.74) is 2.15. The highest BCUT2D eigenvalue weighted by Gasteiger charge is 2.53. The lowest BCUT2D eigenvalue weighted by molar-refractivity contribution is -0.00707. The van der Waals surface area contributed by atoms with Gasteiger partial charge in [0.25, 0.3) is 0 Å². The summed E-state index contributed by atoms with van der Waals surface area (Å²) >= 11 is 0. The van der Waals surface area contributed by atoms with Crippen molar-refractivity contribution in [3.63, 3.8) is 0 Å². The van der Waals surface area contributed by atoms with E-state index in [1.54, 1.807) is 0 Å². The third-order valence-corrected chi connectivity index (χ3v) is 6.24. The van der Waals surface area contributed by atoms with Gasteiger partial charge in [-0.15, -0.1) is 0 Å². The fraction of sp³-hybridized carbons (Fsp3) is 0.684. The van der Waals surface area contributed by atoms with Gasteiger partial charge < -0.3 is 5.32 Å². The SMILES string of the molecule is CC1(C2CC2)CN(Cc2ccccc2)C(C)(C2CC2)CN1. The Balaban J connectivity index is 1.58. The topological polar surface area (TPSA) is 15.3 Å². The van der Waals surface area contributed by atoms with Crippen LogP contribution in [-0.4, -0.2) is 29.1 Å². The normalized spacial score (nSPS) is 37.6. The molecule has 1 heterocycles. The highest BCUT2D eigenvalue weighted by Crippen LogP contribution is 2.48. The van der Waals surface area contributed by atoms with Gasteiger partial charge in [0, 0.05) is 30.7 Å². The average molecular weight is 284 g/mol. The lowest BCUT2D eigenvalue weighted by atomic mass is 9.82. The summed E-state index contributed by atoms with van der Waals surface area (Å²) in [7, 11) is 0. The van der Waals surface area contributed by atoms with Crippen molar-refractivity contribution in [2.75, 3.05) is 13.1 Å². The molecule has 3 fully saturated rings. The van der Waals surface area contributed by atoms with Crippen LogP contribution in [0, 0.1) is 11.8 Å². The fourth-order valence-electron chi connectivity index (χ4n) is 4.27. The first-order valence-electron chi connectivity index (χ1n) is 8.64. The molecule has 2 saturated carbocycles. The van der Waals surface area contributed by atoms with Gasteiger partial charge in [-0.25, -0.2) is 0 Å². The minimum absolute atomic E-state index is 0.336. The molecule has 2 aliphatic carbocycles. The highest BCUT2D eigenvalue weighted by atomic mass is 15.3. The predicted molar refractivity (Wildman–Crippen MR) is 87.1 cm³/mol. The van der Waals surface area contributed by atoms with Crippen LogP contribution in [0.2, 0.25) is 0 Å². The zero-order valence-electron chi connectivity index (χ0n) is 13.4. The van der Waals surface area contributed by atoms with Crippen molar-refractivity contribution < 1.29 is 0 Å². The van der Waals surface area contributed by atoms with E-state index in [1.807, 2.05) is 0 Å². The molecule has 21 heavy (non-hydrogen) atoms. The molecule has 1 N–H and O–H groups in total. The van der Waals surface area contributed by atoms with Gasteiger partial charge >= 0.3 is 0 Å². The summed E-state index contributed by atoms with van der Waals surface area (Å²) in [5, 5.41) is 3.94. The number of nitrogens with one attached hydrogen (secondary N) is 1. The molecular weight excluding hydrogens is 256 g/mol. The van der Waals surface area contributed by atoms with E-state index in [9.17, 15) is 0 Å². The molecule has 0 bridgehead atoms. The smallest absolute Gasteiger partial charge is 0.0338 e. The quantitative estimate of drug-likeness (QED) is 0.911. The first kappa shape index (κ1) is 13.8. The summed E-state index contributed by atoms with van der Waals surface area (Å²) in [6, 6.07) is 11.0. The molecule has 2 unspecified atom stereocenters. The van der Waals surface area contributed by atoms with Crippen molar-refractivity contribution >= 4 is 0 Å². The molecule has 1 aromatic carbocycles. The van der Waals surface area contributed by atoms with Gasteiger partial charge in [0.2, 0.25) is 0 Å². The maximum atomic E-state index is 3.94. The minimum atomic E-state index is 0.336. The Hall–Kier alpha value is -0.860. The maximum absolute atomic E-state index is 3.94. The highest BCUT2D eigenvalue weighted by molar-refractivity contribution is 5.18. The maximum Gasteiger partial charge on any atom is 0.0338 e. The van der Waals surface area contributed by atoms with Gasteiger partial charge in [0.1, 0.15) is 0 Å². The number of rotatable bonds is 4. The van der Waals surface area contributed by atoms with E-state index < -0.39 is 0 Å². The van der Waals surface area contributed by atoms with Crippen LogP contribution in [0.25, 0.3) is 0 Å². The lowest BCUT2D eigenvalue weighted by Crippen LogP contribution is -2.69. The van der Waals surface area contributed by atoms with Crippen LogP contribution >= 0.6 is 0 Å². The van der Waals surface area contributed by atoms with E-state index >= 15 is 0 Å². The molecule has 4 rings (SSSR count). The van der Waals surface area contributed by atoms with Crippen LogP contribution in [0.3, 0.4) is 0 Å². The Labute approximate surface area is 128 Å². The van der Waals surface area contributed by atoms with Crippen molar-refractivity contribution in [1.82, 2.24) is 10.2 Å². The first-order chi connectivity index (χ1) is 10.1. The largest absolute Gasteiger partial charge is 0.308 e. The van der Waals surface area contributed by atoms with Crippen LogP contribution in [0.5, 0.6) is 0 Å². The van der Waals surface area contributed by atoms with Crippen LogP contribution in [0.15, 0.2) is 30.3 Å². The van der Waals surface area contributed by atoms with E-state index in [-0.39, 0.29) is 0 Å². The summed E-state index contributed by atoms with van der Waals surface area (Å²) in [4.78, 5) is 2.80.